The first-order valence-electron chi connectivity index (χ1n) is 11.3. The molecule has 32 heavy (non-hydrogen) atoms. The lowest BCUT2D eigenvalue weighted by molar-refractivity contribution is 0.299. The van der Waals surface area contributed by atoms with Gasteiger partial charge in [-0.15, -0.1) is 0 Å². The van der Waals surface area contributed by atoms with E-state index in [1.807, 2.05) is 24.3 Å². The van der Waals surface area contributed by atoms with Crippen molar-refractivity contribution in [2.45, 2.75) is 40.8 Å². The maximum absolute atomic E-state index is 6.11. The van der Waals surface area contributed by atoms with Crippen LogP contribution in [0.3, 0.4) is 0 Å². The number of benzene rings is 2. The number of likely N-dealkylation sites (N-methyl/N-ethyl adjacent to an activating group) is 1. The zero-order valence-corrected chi connectivity index (χ0v) is 19.7. The summed E-state index contributed by atoms with van der Waals surface area (Å²) in [6.45, 7) is 11.9. The van der Waals surface area contributed by atoms with Crippen molar-refractivity contribution in [3.63, 3.8) is 0 Å². The third kappa shape index (κ3) is 7.80. The molecule has 1 aromatic heterocycles. The lowest BCUT2D eigenvalue weighted by Gasteiger charge is -2.19. The summed E-state index contributed by atoms with van der Waals surface area (Å²) in [4.78, 5) is 2.38. The monoisotopic (exact) mass is 426 g/mol. The maximum atomic E-state index is 6.11. The molecule has 0 N–H and O–H groups in total. The largest absolute Gasteiger partial charge is 0.489 e. The van der Waals surface area contributed by atoms with Crippen molar-refractivity contribution in [2.75, 3.05) is 13.1 Å². The van der Waals surface area contributed by atoms with Gasteiger partial charge in [-0.3, -0.25) is 4.90 Å². The standard InChI is InChI=1S/C29H34N2O/c1-5-30(18-8-6-7-17-29(2,3)4)23-25-13-12-16-28(22-25)32-24-26-14-11-15-27(21-26)31-19-9-10-20-31/h6,8-16,19-22H,5,18,23-24H2,1-4H3/b8-6+. The number of allylic oxidation sites excluding steroid dienone is 1. The van der Waals surface area contributed by atoms with Gasteiger partial charge in [-0.05, 0) is 80.9 Å². The minimum atomic E-state index is 0.0405. The van der Waals surface area contributed by atoms with Crippen LogP contribution in [0.2, 0.25) is 0 Å². The van der Waals surface area contributed by atoms with Gasteiger partial charge in [0.05, 0.1) is 0 Å². The third-order valence-electron chi connectivity index (χ3n) is 4.98. The van der Waals surface area contributed by atoms with Gasteiger partial charge in [0.1, 0.15) is 12.4 Å². The van der Waals surface area contributed by atoms with Crippen LogP contribution >= 0.6 is 0 Å². The van der Waals surface area contributed by atoms with E-state index in [2.05, 4.69) is 110 Å². The summed E-state index contributed by atoms with van der Waals surface area (Å²) in [6.07, 6.45) is 8.21. The van der Waals surface area contributed by atoms with E-state index >= 15 is 0 Å². The van der Waals surface area contributed by atoms with Gasteiger partial charge in [-0.2, -0.15) is 0 Å². The molecule has 3 aromatic rings. The third-order valence-corrected chi connectivity index (χ3v) is 4.98. The van der Waals surface area contributed by atoms with Gasteiger partial charge in [0, 0.05) is 36.6 Å². The summed E-state index contributed by atoms with van der Waals surface area (Å²) in [5.41, 5.74) is 3.58. The second-order valence-corrected chi connectivity index (χ2v) is 8.95. The highest BCUT2D eigenvalue weighted by Crippen LogP contribution is 2.18. The molecule has 0 aliphatic rings. The molecule has 0 fully saturated rings. The summed E-state index contributed by atoms with van der Waals surface area (Å²) >= 11 is 0. The van der Waals surface area contributed by atoms with E-state index in [0.29, 0.717) is 6.61 Å². The molecule has 1 heterocycles. The van der Waals surface area contributed by atoms with Crippen LogP contribution in [-0.4, -0.2) is 22.6 Å². The minimum Gasteiger partial charge on any atom is -0.489 e. The van der Waals surface area contributed by atoms with Crippen LogP contribution in [0.4, 0.5) is 0 Å². The molecule has 0 aliphatic carbocycles. The van der Waals surface area contributed by atoms with Crippen LogP contribution in [-0.2, 0) is 13.2 Å². The van der Waals surface area contributed by atoms with Crippen molar-refractivity contribution in [3.8, 4) is 23.3 Å². The Morgan fingerprint density at radius 1 is 0.969 bits per heavy atom. The Bertz CT molecular complexity index is 1060. The Morgan fingerprint density at radius 3 is 2.47 bits per heavy atom. The summed E-state index contributed by atoms with van der Waals surface area (Å²) in [5.74, 6) is 7.28. The predicted molar refractivity (Wildman–Crippen MR) is 134 cm³/mol. The van der Waals surface area contributed by atoms with Crippen molar-refractivity contribution in [2.24, 2.45) is 5.41 Å². The van der Waals surface area contributed by atoms with E-state index in [0.717, 1.165) is 36.6 Å². The van der Waals surface area contributed by atoms with Crippen LogP contribution in [0.1, 0.15) is 38.8 Å². The quantitative estimate of drug-likeness (QED) is 0.364. The fourth-order valence-electron chi connectivity index (χ4n) is 3.30. The molecule has 3 heteroatoms. The number of rotatable bonds is 9. The van der Waals surface area contributed by atoms with Crippen molar-refractivity contribution in [1.82, 2.24) is 9.47 Å². The fourth-order valence-corrected chi connectivity index (χ4v) is 3.30. The average molecular weight is 427 g/mol. The number of ether oxygens (including phenoxy) is 1. The van der Waals surface area contributed by atoms with Gasteiger partial charge in [0.25, 0.3) is 0 Å². The van der Waals surface area contributed by atoms with Crippen LogP contribution < -0.4 is 4.74 Å². The molecule has 0 spiro atoms. The molecular weight excluding hydrogens is 392 g/mol. The average Bonchev–Trinajstić information content (AvgIpc) is 3.31. The van der Waals surface area contributed by atoms with Crippen LogP contribution in [0.25, 0.3) is 5.69 Å². The summed E-state index contributed by atoms with van der Waals surface area (Å²) in [6, 6.07) is 20.9. The SMILES string of the molecule is CCN(C/C=C/C#CC(C)(C)C)Cc1cccc(OCc2cccc(-n3cccc3)c2)c1. The van der Waals surface area contributed by atoms with E-state index < -0.39 is 0 Å². The molecule has 0 bridgehead atoms. The molecule has 0 saturated carbocycles. The smallest absolute Gasteiger partial charge is 0.120 e. The highest BCUT2D eigenvalue weighted by atomic mass is 16.5. The van der Waals surface area contributed by atoms with Crippen molar-refractivity contribution >= 4 is 0 Å². The second-order valence-electron chi connectivity index (χ2n) is 8.95. The highest BCUT2D eigenvalue weighted by Gasteiger charge is 2.05. The molecule has 0 aliphatic heterocycles. The number of hydrogen-bond acceptors (Lipinski definition) is 2. The molecule has 0 radical (unpaired) electrons. The second kappa shape index (κ2) is 11.4. The number of nitrogens with zero attached hydrogens (tertiary/aromatic N) is 2. The van der Waals surface area contributed by atoms with E-state index in [1.54, 1.807) is 0 Å². The van der Waals surface area contributed by atoms with Crippen molar-refractivity contribution in [3.05, 3.63) is 96.3 Å². The summed E-state index contributed by atoms with van der Waals surface area (Å²) in [5, 5.41) is 0. The van der Waals surface area contributed by atoms with E-state index in [-0.39, 0.29) is 5.41 Å². The predicted octanol–water partition coefficient (Wildman–Crippen LogP) is 6.48. The van der Waals surface area contributed by atoms with Crippen molar-refractivity contribution < 1.29 is 4.74 Å². The molecule has 3 nitrogen and oxygen atoms in total. The molecule has 3 rings (SSSR count). The molecule has 0 unspecified atom stereocenters. The van der Waals surface area contributed by atoms with E-state index in [4.69, 9.17) is 4.74 Å². The van der Waals surface area contributed by atoms with Crippen LogP contribution in [0.15, 0.2) is 85.2 Å². The lowest BCUT2D eigenvalue weighted by Crippen LogP contribution is -2.22. The van der Waals surface area contributed by atoms with E-state index in [9.17, 15) is 0 Å². The highest BCUT2D eigenvalue weighted by molar-refractivity contribution is 5.37. The van der Waals surface area contributed by atoms with E-state index in [1.165, 1.54) is 5.56 Å². The number of aromatic nitrogens is 1. The Hall–Kier alpha value is -3.22. The molecule has 0 atom stereocenters. The first-order valence-corrected chi connectivity index (χ1v) is 11.3. The zero-order chi connectivity index (χ0) is 22.8. The Balaban J connectivity index is 1.56. The lowest BCUT2D eigenvalue weighted by atomic mass is 9.98. The van der Waals surface area contributed by atoms with Crippen LogP contribution in [0.5, 0.6) is 5.75 Å². The number of hydrogen-bond donors (Lipinski definition) is 0. The topological polar surface area (TPSA) is 17.4 Å². The Kier molecular flexibility index (Phi) is 8.36. The molecule has 0 amide bonds. The first-order chi connectivity index (χ1) is 15.4. The van der Waals surface area contributed by atoms with Gasteiger partial charge in [0.2, 0.25) is 0 Å². The summed E-state index contributed by atoms with van der Waals surface area (Å²) in [7, 11) is 0. The Morgan fingerprint density at radius 2 is 1.72 bits per heavy atom. The van der Waals surface area contributed by atoms with Gasteiger partial charge < -0.3 is 9.30 Å². The summed E-state index contributed by atoms with van der Waals surface area (Å²) < 4.78 is 8.21. The minimum absolute atomic E-state index is 0.0405. The molecule has 166 valence electrons. The van der Waals surface area contributed by atoms with Gasteiger partial charge in [-0.25, -0.2) is 0 Å². The Labute approximate surface area is 193 Å². The maximum Gasteiger partial charge on any atom is 0.120 e. The van der Waals surface area contributed by atoms with Gasteiger partial charge in [0.15, 0.2) is 0 Å². The normalized spacial score (nSPS) is 11.5. The fraction of sp³-hybridized carbons (Fsp3) is 0.310. The van der Waals surface area contributed by atoms with Crippen molar-refractivity contribution in [1.29, 1.82) is 0 Å². The molecular formula is C29H34N2O. The van der Waals surface area contributed by atoms with Gasteiger partial charge >= 0.3 is 0 Å². The molecule has 0 saturated heterocycles. The zero-order valence-electron chi connectivity index (χ0n) is 19.7. The van der Waals surface area contributed by atoms with Gasteiger partial charge in [-0.1, -0.05) is 49.1 Å². The van der Waals surface area contributed by atoms with Crippen LogP contribution in [0, 0.1) is 17.3 Å². The molecule has 2 aromatic carbocycles. The first kappa shape index (κ1) is 23.4.